The number of aryl methyl sites for hydroxylation is 1. The fourth-order valence-corrected chi connectivity index (χ4v) is 1.85. The molecule has 0 aromatic carbocycles. The number of aromatic nitrogens is 2. The van der Waals surface area contributed by atoms with E-state index in [1.54, 1.807) is 17.9 Å². The fourth-order valence-electron chi connectivity index (χ4n) is 1.85. The lowest BCUT2D eigenvalue weighted by Crippen LogP contribution is -2.50. The molecule has 1 aromatic heterocycles. The van der Waals surface area contributed by atoms with Crippen LogP contribution in [-0.4, -0.2) is 28.3 Å². The van der Waals surface area contributed by atoms with E-state index in [1.807, 2.05) is 6.92 Å². The largest absolute Gasteiger partial charge is 0.327 e. The summed E-state index contributed by atoms with van der Waals surface area (Å²) in [5.41, 5.74) is 5.85. The second kappa shape index (κ2) is 4.34. The number of hydrogen-bond donors (Lipinski definition) is 3. The Balaban J connectivity index is 0.00000144. The smallest absolute Gasteiger partial charge is 0.322 e. The normalized spacial score (nSPS) is 23.0. The Morgan fingerprint density at radius 2 is 2.18 bits per heavy atom. The van der Waals surface area contributed by atoms with Crippen LogP contribution in [0.5, 0.6) is 0 Å². The van der Waals surface area contributed by atoms with Crippen LogP contribution in [0.15, 0.2) is 6.20 Å². The van der Waals surface area contributed by atoms with Crippen LogP contribution >= 0.6 is 12.4 Å². The van der Waals surface area contributed by atoms with E-state index >= 15 is 0 Å². The van der Waals surface area contributed by atoms with Crippen molar-refractivity contribution in [2.45, 2.75) is 12.5 Å². The number of amides is 3. The third kappa shape index (κ3) is 1.77. The van der Waals surface area contributed by atoms with Crippen molar-refractivity contribution < 1.29 is 9.59 Å². The van der Waals surface area contributed by atoms with Gasteiger partial charge < -0.3 is 11.1 Å². The van der Waals surface area contributed by atoms with Crippen molar-refractivity contribution >= 4 is 24.3 Å². The van der Waals surface area contributed by atoms with Gasteiger partial charge in [-0.15, -0.1) is 12.4 Å². The monoisotopic (exact) mass is 259 g/mol. The fraction of sp³-hybridized carbons (Fsp3) is 0.444. The molecule has 1 aromatic rings. The maximum absolute atomic E-state index is 11.8. The number of carbonyl (C=O) groups is 2. The van der Waals surface area contributed by atoms with E-state index in [2.05, 4.69) is 15.7 Å². The van der Waals surface area contributed by atoms with Crippen molar-refractivity contribution in [2.75, 3.05) is 6.54 Å². The second-order valence-corrected chi connectivity index (χ2v) is 3.78. The summed E-state index contributed by atoms with van der Waals surface area (Å²) in [7, 11) is 1.76. The highest BCUT2D eigenvalue weighted by molar-refractivity contribution is 6.07. The second-order valence-electron chi connectivity index (χ2n) is 3.78. The lowest BCUT2D eigenvalue weighted by molar-refractivity contribution is -0.124. The molecule has 94 valence electrons. The van der Waals surface area contributed by atoms with Crippen molar-refractivity contribution in [3.63, 3.8) is 0 Å². The van der Waals surface area contributed by atoms with E-state index in [9.17, 15) is 9.59 Å². The van der Waals surface area contributed by atoms with Gasteiger partial charge in [0.15, 0.2) is 5.54 Å². The molecule has 17 heavy (non-hydrogen) atoms. The minimum absolute atomic E-state index is 0. The Bertz CT molecular complexity index is 472. The summed E-state index contributed by atoms with van der Waals surface area (Å²) in [5, 5.41) is 8.79. The van der Waals surface area contributed by atoms with Gasteiger partial charge in [0.05, 0.1) is 6.20 Å². The molecule has 1 atom stereocenters. The van der Waals surface area contributed by atoms with Gasteiger partial charge in [-0.1, -0.05) is 0 Å². The quantitative estimate of drug-likeness (QED) is 0.602. The molecule has 2 heterocycles. The summed E-state index contributed by atoms with van der Waals surface area (Å²) < 4.78 is 1.63. The third-order valence-electron chi connectivity index (χ3n) is 2.94. The van der Waals surface area contributed by atoms with Crippen LogP contribution in [0, 0.1) is 6.92 Å². The molecule has 0 bridgehead atoms. The lowest BCUT2D eigenvalue weighted by atomic mass is 9.90. The van der Waals surface area contributed by atoms with Gasteiger partial charge in [-0.05, 0) is 6.92 Å². The third-order valence-corrected chi connectivity index (χ3v) is 2.94. The molecular weight excluding hydrogens is 246 g/mol. The van der Waals surface area contributed by atoms with Gasteiger partial charge in [0.1, 0.15) is 0 Å². The Morgan fingerprint density at radius 1 is 1.53 bits per heavy atom. The van der Waals surface area contributed by atoms with E-state index in [1.165, 1.54) is 0 Å². The Labute approximate surface area is 104 Å². The Hall–Kier alpha value is -1.60. The van der Waals surface area contributed by atoms with Crippen LogP contribution in [-0.2, 0) is 17.4 Å². The van der Waals surface area contributed by atoms with Crippen LogP contribution in [0.2, 0.25) is 0 Å². The number of nitrogens with zero attached hydrogens (tertiary/aromatic N) is 2. The van der Waals surface area contributed by atoms with Gasteiger partial charge in [-0.2, -0.15) is 5.10 Å². The summed E-state index contributed by atoms with van der Waals surface area (Å²) in [6.45, 7) is 1.81. The van der Waals surface area contributed by atoms with Crippen molar-refractivity contribution in [1.82, 2.24) is 20.4 Å². The molecule has 7 nitrogen and oxygen atoms in total. The Kier molecular flexibility index (Phi) is 3.44. The molecule has 8 heteroatoms. The molecule has 0 radical (unpaired) electrons. The predicted octanol–water partition coefficient (Wildman–Crippen LogP) is -0.856. The predicted molar refractivity (Wildman–Crippen MR) is 62.6 cm³/mol. The van der Waals surface area contributed by atoms with Crippen LogP contribution in [0.1, 0.15) is 11.3 Å². The van der Waals surface area contributed by atoms with Crippen molar-refractivity contribution in [3.05, 3.63) is 17.5 Å². The van der Waals surface area contributed by atoms with E-state index < -0.39 is 17.5 Å². The summed E-state index contributed by atoms with van der Waals surface area (Å²) in [5.74, 6) is -0.434. The topological polar surface area (TPSA) is 102 Å². The SMILES string of the molecule is Cc1c(C2(CN)NC(=O)NC2=O)cnn1C.Cl. The average Bonchev–Trinajstić information content (AvgIpc) is 2.70. The summed E-state index contributed by atoms with van der Waals surface area (Å²) in [6, 6.07) is -0.529. The highest BCUT2D eigenvalue weighted by Crippen LogP contribution is 2.26. The number of nitrogens with two attached hydrogens (primary N) is 1. The highest BCUT2D eigenvalue weighted by atomic mass is 35.5. The van der Waals surface area contributed by atoms with Crippen LogP contribution in [0.25, 0.3) is 0 Å². The number of carbonyl (C=O) groups excluding carboxylic acids is 2. The van der Waals surface area contributed by atoms with E-state index in [0.29, 0.717) is 5.56 Å². The average molecular weight is 260 g/mol. The first-order valence-electron chi connectivity index (χ1n) is 4.84. The molecule has 0 aliphatic carbocycles. The van der Waals surface area contributed by atoms with Gasteiger partial charge in [0, 0.05) is 24.8 Å². The maximum atomic E-state index is 11.8. The number of urea groups is 1. The molecule has 0 spiro atoms. The molecule has 1 unspecified atom stereocenters. The molecule has 3 amide bonds. The first kappa shape index (κ1) is 13.5. The van der Waals surface area contributed by atoms with Gasteiger partial charge >= 0.3 is 6.03 Å². The zero-order valence-corrected chi connectivity index (χ0v) is 10.3. The van der Waals surface area contributed by atoms with E-state index in [0.717, 1.165) is 5.69 Å². The van der Waals surface area contributed by atoms with Crippen molar-refractivity contribution in [2.24, 2.45) is 12.8 Å². The molecular formula is C9H14ClN5O2. The van der Waals surface area contributed by atoms with Gasteiger partial charge in [0.25, 0.3) is 5.91 Å². The molecule has 0 saturated carbocycles. The number of rotatable bonds is 2. The standard InChI is InChI=1S/C9H13N5O2.ClH/c1-5-6(3-11-14(5)2)9(4-10)7(15)12-8(16)13-9;/h3H,4,10H2,1-2H3,(H2,12,13,15,16);1H. The molecule has 2 rings (SSSR count). The van der Waals surface area contributed by atoms with Crippen LogP contribution in [0.4, 0.5) is 4.79 Å². The first-order chi connectivity index (χ1) is 7.51. The first-order valence-corrected chi connectivity index (χ1v) is 4.84. The maximum Gasteiger partial charge on any atom is 0.322 e. The van der Waals surface area contributed by atoms with Crippen molar-refractivity contribution in [1.29, 1.82) is 0 Å². The Morgan fingerprint density at radius 3 is 2.53 bits per heavy atom. The number of hydrogen-bond acceptors (Lipinski definition) is 4. The molecule has 1 saturated heterocycles. The molecule has 4 N–H and O–H groups in total. The minimum atomic E-state index is -1.19. The summed E-state index contributed by atoms with van der Waals surface area (Å²) in [6.07, 6.45) is 1.55. The number of nitrogens with one attached hydrogen (secondary N) is 2. The van der Waals surface area contributed by atoms with Crippen LogP contribution < -0.4 is 16.4 Å². The molecule has 1 fully saturated rings. The number of imide groups is 1. The van der Waals surface area contributed by atoms with Crippen molar-refractivity contribution in [3.8, 4) is 0 Å². The minimum Gasteiger partial charge on any atom is -0.327 e. The molecule has 1 aliphatic rings. The van der Waals surface area contributed by atoms with E-state index in [4.69, 9.17) is 5.73 Å². The van der Waals surface area contributed by atoms with Crippen LogP contribution in [0.3, 0.4) is 0 Å². The van der Waals surface area contributed by atoms with Gasteiger partial charge in [-0.25, -0.2) is 4.79 Å². The van der Waals surface area contributed by atoms with Gasteiger partial charge in [0.2, 0.25) is 0 Å². The highest BCUT2D eigenvalue weighted by Gasteiger charge is 2.48. The summed E-state index contributed by atoms with van der Waals surface area (Å²) in [4.78, 5) is 23.0. The summed E-state index contributed by atoms with van der Waals surface area (Å²) >= 11 is 0. The zero-order chi connectivity index (χ0) is 11.9. The van der Waals surface area contributed by atoms with Gasteiger partial charge in [-0.3, -0.25) is 14.8 Å². The zero-order valence-electron chi connectivity index (χ0n) is 9.48. The lowest BCUT2D eigenvalue weighted by Gasteiger charge is -2.23. The number of halogens is 1. The molecule has 1 aliphatic heterocycles. The van der Waals surface area contributed by atoms with E-state index in [-0.39, 0.29) is 19.0 Å².